The summed E-state index contributed by atoms with van der Waals surface area (Å²) >= 11 is 0. The van der Waals surface area contributed by atoms with Crippen LogP contribution in [0.1, 0.15) is 71.7 Å². The first-order chi connectivity index (χ1) is 12.2. The molecule has 0 bridgehead atoms. The van der Waals surface area contributed by atoms with Crippen LogP contribution in [-0.4, -0.2) is 27.9 Å². The number of benzene rings is 1. The number of hydrogen-bond acceptors (Lipinski definition) is 3. The van der Waals surface area contributed by atoms with Gasteiger partial charge in [-0.3, -0.25) is 0 Å². The Balaban J connectivity index is 1.78. The normalized spacial score (nSPS) is 23.1. The lowest BCUT2D eigenvalue weighted by atomic mass is 9.79. The van der Waals surface area contributed by atoms with Crippen LogP contribution in [0, 0.1) is 12.7 Å². The lowest BCUT2D eigenvalue weighted by Gasteiger charge is -2.32. The predicted octanol–water partition coefficient (Wildman–Crippen LogP) is 4.29. The van der Waals surface area contributed by atoms with Crippen LogP contribution in [-0.2, 0) is 9.31 Å². The van der Waals surface area contributed by atoms with Gasteiger partial charge in [-0.1, -0.05) is 19.3 Å². The molecule has 0 radical (unpaired) electrons. The van der Waals surface area contributed by atoms with Gasteiger partial charge in [0.05, 0.1) is 16.7 Å². The number of imidazole rings is 1. The van der Waals surface area contributed by atoms with Gasteiger partial charge in [-0.05, 0) is 65.1 Å². The van der Waals surface area contributed by atoms with Crippen LogP contribution in [0.3, 0.4) is 0 Å². The van der Waals surface area contributed by atoms with Crippen molar-refractivity contribution in [1.29, 1.82) is 0 Å². The van der Waals surface area contributed by atoms with Crippen LogP contribution < -0.4 is 5.46 Å². The maximum Gasteiger partial charge on any atom is 0.495 e. The Morgan fingerprint density at radius 1 is 1.08 bits per heavy atom. The van der Waals surface area contributed by atoms with E-state index in [2.05, 4.69) is 9.55 Å². The van der Waals surface area contributed by atoms with Gasteiger partial charge in [-0.2, -0.15) is 0 Å². The first kappa shape index (κ1) is 18.0. The maximum absolute atomic E-state index is 14.9. The minimum atomic E-state index is -0.561. The van der Waals surface area contributed by atoms with Crippen LogP contribution >= 0.6 is 0 Å². The van der Waals surface area contributed by atoms with Gasteiger partial charge in [-0.15, -0.1) is 0 Å². The minimum Gasteiger partial charge on any atom is -0.399 e. The molecule has 0 amide bonds. The van der Waals surface area contributed by atoms with E-state index < -0.39 is 18.3 Å². The van der Waals surface area contributed by atoms with Crippen molar-refractivity contribution in [2.45, 2.75) is 84.0 Å². The standard InChI is InChI=1S/C20H28BFN2O2/c1-13-23-18-16(22)11-14(21-25-19(2,3)20(4,5)26-21)12-17(18)24(13)15-9-7-6-8-10-15/h11-12,15H,6-10H2,1-5H3. The third kappa shape index (κ3) is 2.78. The molecular weight excluding hydrogens is 330 g/mol. The number of halogens is 1. The molecule has 0 spiro atoms. The van der Waals surface area contributed by atoms with Crippen molar-refractivity contribution in [3.05, 3.63) is 23.8 Å². The van der Waals surface area contributed by atoms with Gasteiger partial charge in [0.2, 0.25) is 0 Å². The third-order valence-corrected chi connectivity index (χ3v) is 6.41. The molecule has 1 aliphatic heterocycles. The highest BCUT2D eigenvalue weighted by molar-refractivity contribution is 6.62. The monoisotopic (exact) mass is 358 g/mol. The molecule has 4 rings (SSSR count). The molecule has 2 aromatic rings. The molecule has 0 N–H and O–H groups in total. The maximum atomic E-state index is 14.9. The molecule has 2 aliphatic rings. The number of rotatable bonds is 2. The zero-order chi connectivity index (χ0) is 18.7. The molecule has 2 heterocycles. The van der Waals surface area contributed by atoms with Crippen molar-refractivity contribution in [1.82, 2.24) is 9.55 Å². The van der Waals surface area contributed by atoms with Crippen LogP contribution in [0.25, 0.3) is 11.0 Å². The summed E-state index contributed by atoms with van der Waals surface area (Å²) in [4.78, 5) is 4.52. The summed E-state index contributed by atoms with van der Waals surface area (Å²) in [5, 5.41) is 0. The molecule has 1 aromatic heterocycles. The highest BCUT2D eigenvalue weighted by atomic mass is 19.1. The Labute approximate surface area is 155 Å². The summed E-state index contributed by atoms with van der Waals surface area (Å²) in [5.41, 5.74) is 1.16. The fourth-order valence-electron chi connectivity index (χ4n) is 4.20. The average Bonchev–Trinajstić information content (AvgIpc) is 3.01. The van der Waals surface area contributed by atoms with Gasteiger partial charge in [0.25, 0.3) is 0 Å². The van der Waals surface area contributed by atoms with E-state index in [0.717, 1.165) is 29.6 Å². The fraction of sp³-hybridized carbons (Fsp3) is 0.650. The molecule has 26 heavy (non-hydrogen) atoms. The van der Waals surface area contributed by atoms with Gasteiger partial charge in [0.1, 0.15) is 11.3 Å². The van der Waals surface area contributed by atoms with Crippen molar-refractivity contribution in [3.63, 3.8) is 0 Å². The lowest BCUT2D eigenvalue weighted by Crippen LogP contribution is -2.41. The van der Waals surface area contributed by atoms with Crippen LogP contribution in [0.15, 0.2) is 12.1 Å². The summed E-state index contributed by atoms with van der Waals surface area (Å²) in [5.74, 6) is 0.585. The second kappa shape index (κ2) is 6.06. The summed E-state index contributed by atoms with van der Waals surface area (Å²) in [6, 6.07) is 3.93. The largest absolute Gasteiger partial charge is 0.495 e. The second-order valence-electron chi connectivity index (χ2n) is 8.78. The number of aryl methyl sites for hydroxylation is 1. The zero-order valence-electron chi connectivity index (χ0n) is 16.4. The molecule has 1 aromatic carbocycles. The molecule has 6 heteroatoms. The number of aromatic nitrogens is 2. The lowest BCUT2D eigenvalue weighted by molar-refractivity contribution is 0.00578. The molecule has 0 unspecified atom stereocenters. The molecule has 2 fully saturated rings. The van der Waals surface area contributed by atoms with Crippen LogP contribution in [0.5, 0.6) is 0 Å². The first-order valence-electron chi connectivity index (χ1n) is 9.73. The van der Waals surface area contributed by atoms with Crippen molar-refractivity contribution in [2.24, 2.45) is 0 Å². The number of fused-ring (bicyclic) bond motifs is 1. The van der Waals surface area contributed by atoms with Crippen LogP contribution in [0.2, 0.25) is 0 Å². The third-order valence-electron chi connectivity index (χ3n) is 6.41. The Morgan fingerprint density at radius 3 is 2.31 bits per heavy atom. The summed E-state index contributed by atoms with van der Waals surface area (Å²) < 4.78 is 29.3. The summed E-state index contributed by atoms with van der Waals surface area (Å²) in [6.07, 6.45) is 6.01. The summed E-state index contributed by atoms with van der Waals surface area (Å²) in [6.45, 7) is 10.0. The Kier molecular flexibility index (Phi) is 4.19. The quantitative estimate of drug-likeness (QED) is 0.752. The van der Waals surface area contributed by atoms with Crippen molar-refractivity contribution in [3.8, 4) is 0 Å². The Hall–Kier alpha value is -1.40. The highest BCUT2D eigenvalue weighted by Gasteiger charge is 2.52. The number of nitrogens with zero attached hydrogens (tertiary/aromatic N) is 2. The van der Waals surface area contributed by atoms with Gasteiger partial charge in [0.15, 0.2) is 5.82 Å². The molecule has 1 saturated heterocycles. The second-order valence-corrected chi connectivity index (χ2v) is 8.78. The van der Waals surface area contributed by atoms with E-state index in [1.165, 1.54) is 25.3 Å². The van der Waals surface area contributed by atoms with E-state index in [-0.39, 0.29) is 5.82 Å². The molecule has 140 valence electrons. The van der Waals surface area contributed by atoms with Crippen LogP contribution in [0.4, 0.5) is 4.39 Å². The van der Waals surface area contributed by atoms with E-state index >= 15 is 0 Å². The molecule has 1 aliphatic carbocycles. The molecule has 4 nitrogen and oxygen atoms in total. The predicted molar refractivity (Wildman–Crippen MR) is 102 cm³/mol. The van der Waals surface area contributed by atoms with Gasteiger partial charge < -0.3 is 13.9 Å². The highest BCUT2D eigenvalue weighted by Crippen LogP contribution is 2.37. The molecular formula is C20H28BFN2O2. The van der Waals surface area contributed by atoms with E-state index in [1.54, 1.807) is 0 Å². The molecule has 0 atom stereocenters. The van der Waals surface area contributed by atoms with Crippen molar-refractivity contribution in [2.75, 3.05) is 0 Å². The molecule has 1 saturated carbocycles. The van der Waals surface area contributed by atoms with Crippen molar-refractivity contribution >= 4 is 23.6 Å². The van der Waals surface area contributed by atoms with Gasteiger partial charge >= 0.3 is 7.12 Å². The van der Waals surface area contributed by atoms with E-state index in [1.807, 2.05) is 40.7 Å². The topological polar surface area (TPSA) is 36.3 Å². The first-order valence-corrected chi connectivity index (χ1v) is 9.73. The Bertz CT molecular complexity index is 824. The van der Waals surface area contributed by atoms with Crippen molar-refractivity contribution < 1.29 is 13.7 Å². The fourth-order valence-corrected chi connectivity index (χ4v) is 4.20. The SMILES string of the molecule is Cc1nc2c(F)cc(B3OC(C)(C)C(C)(C)O3)cc2n1C1CCCCC1. The minimum absolute atomic E-state index is 0.301. The van der Waals surface area contributed by atoms with Gasteiger partial charge in [0, 0.05) is 6.04 Å². The smallest absolute Gasteiger partial charge is 0.399 e. The average molecular weight is 358 g/mol. The van der Waals surface area contributed by atoms with E-state index in [0.29, 0.717) is 11.6 Å². The van der Waals surface area contributed by atoms with E-state index in [9.17, 15) is 4.39 Å². The Morgan fingerprint density at radius 2 is 1.69 bits per heavy atom. The zero-order valence-corrected chi connectivity index (χ0v) is 16.4. The number of hydrogen-bond donors (Lipinski definition) is 0. The van der Waals surface area contributed by atoms with Gasteiger partial charge in [-0.25, -0.2) is 9.37 Å². The summed E-state index contributed by atoms with van der Waals surface area (Å²) in [7, 11) is -0.561. The van der Waals surface area contributed by atoms with E-state index in [4.69, 9.17) is 9.31 Å².